The van der Waals surface area contributed by atoms with E-state index in [1.807, 2.05) is 39.0 Å². The summed E-state index contributed by atoms with van der Waals surface area (Å²) in [6.07, 6.45) is 4.29. The summed E-state index contributed by atoms with van der Waals surface area (Å²) in [6, 6.07) is 12.7. The Kier molecular flexibility index (Phi) is 13.6. The number of esters is 1. The van der Waals surface area contributed by atoms with E-state index in [1.54, 1.807) is 32.5 Å². The Morgan fingerprint density at radius 2 is 1.86 bits per heavy atom. The number of hydrogen-bond acceptors (Lipinski definition) is 11. The molecule has 4 aliphatic rings. The van der Waals surface area contributed by atoms with Gasteiger partial charge in [0.2, 0.25) is 5.91 Å². The van der Waals surface area contributed by atoms with Crippen molar-refractivity contribution in [1.29, 1.82) is 0 Å². The number of phenols is 1. The zero-order valence-electron chi connectivity index (χ0n) is 39.6. The number of amides is 3. The van der Waals surface area contributed by atoms with E-state index in [-0.39, 0.29) is 36.7 Å². The number of carbonyl (C=O) groups is 4. The zero-order valence-corrected chi connectivity index (χ0v) is 39.6. The van der Waals surface area contributed by atoms with Crippen molar-refractivity contribution in [2.45, 2.75) is 129 Å². The molecule has 66 heavy (non-hydrogen) atoms. The molecule has 15 nitrogen and oxygen atoms in total. The first-order chi connectivity index (χ1) is 31.5. The van der Waals surface area contributed by atoms with E-state index in [0.29, 0.717) is 64.0 Å². The van der Waals surface area contributed by atoms with Crippen LogP contribution in [0.3, 0.4) is 0 Å². The molecule has 1 spiro atoms. The van der Waals surface area contributed by atoms with Crippen molar-refractivity contribution >= 4 is 34.6 Å². The summed E-state index contributed by atoms with van der Waals surface area (Å²) in [5, 5.41) is 16.8. The number of nitrogens with one attached hydrogen (secondary N) is 2. The Morgan fingerprint density at radius 1 is 1.06 bits per heavy atom. The largest absolute Gasteiger partial charge is 0.508 e. The second-order valence-electron chi connectivity index (χ2n) is 19.8. The first kappa shape index (κ1) is 47.2. The van der Waals surface area contributed by atoms with Gasteiger partial charge < -0.3 is 38.8 Å². The molecule has 4 aromatic rings. The molecule has 3 N–H and O–H groups in total. The zero-order chi connectivity index (χ0) is 47.1. The highest BCUT2D eigenvalue weighted by Crippen LogP contribution is 2.43. The highest BCUT2D eigenvalue weighted by molar-refractivity contribution is 5.96. The molecule has 2 aromatic heterocycles. The number of pyridine rings is 1. The van der Waals surface area contributed by atoms with Gasteiger partial charge in [0.1, 0.15) is 30.0 Å². The van der Waals surface area contributed by atoms with Crippen molar-refractivity contribution in [2.75, 3.05) is 40.5 Å². The molecular weight excluding hydrogens is 841 g/mol. The summed E-state index contributed by atoms with van der Waals surface area (Å²) in [7, 11) is 3.29. The van der Waals surface area contributed by atoms with Gasteiger partial charge in [0.15, 0.2) is 0 Å². The highest BCUT2D eigenvalue weighted by atomic mass is 16.6. The SMILES string of the molecule is CCn1c(-c2cccnc2[C@H](C)OC)c2c3cc(ccc31)-c1cc(O)cc(c1)C[C@H](NC(=O)C(C(C)C)N(C)C(=O)C1CCC3(CCOC3)O1)C(=O)N1CCC[C@H](N1)C(=O)OCC(C)(C)C2. The number of hydrazine groups is 1. The molecule has 0 aliphatic carbocycles. The molecule has 3 unspecified atom stereocenters. The molecule has 6 atom stereocenters. The third kappa shape index (κ3) is 9.45. The maximum Gasteiger partial charge on any atom is 0.324 e. The fourth-order valence-corrected chi connectivity index (χ4v) is 10.5. The minimum atomic E-state index is -1.14. The van der Waals surface area contributed by atoms with Crippen LogP contribution in [0.25, 0.3) is 33.3 Å². The van der Waals surface area contributed by atoms with Gasteiger partial charge in [-0.15, -0.1) is 0 Å². The average Bonchev–Trinajstić information content (AvgIpc) is 4.03. The minimum absolute atomic E-state index is 0.00236. The molecular formula is C51H66N6O9. The van der Waals surface area contributed by atoms with Crippen molar-refractivity contribution in [3.63, 3.8) is 0 Å². The van der Waals surface area contributed by atoms with Crippen LogP contribution in [0.2, 0.25) is 0 Å². The normalized spacial score (nSPS) is 24.3. The minimum Gasteiger partial charge on any atom is -0.508 e. The number of hydrogen-bond donors (Lipinski definition) is 3. The van der Waals surface area contributed by atoms with Gasteiger partial charge in [-0.2, -0.15) is 0 Å². The van der Waals surface area contributed by atoms with Crippen molar-refractivity contribution in [2.24, 2.45) is 11.3 Å². The van der Waals surface area contributed by atoms with Gasteiger partial charge in [-0.3, -0.25) is 29.2 Å². The van der Waals surface area contributed by atoms with Gasteiger partial charge in [0.25, 0.3) is 11.8 Å². The van der Waals surface area contributed by atoms with Crippen LogP contribution in [-0.2, 0) is 57.5 Å². The van der Waals surface area contributed by atoms with E-state index in [2.05, 4.69) is 54.3 Å². The number of aromatic nitrogens is 2. The lowest BCUT2D eigenvalue weighted by atomic mass is 9.84. The molecule has 2 aromatic carbocycles. The molecule has 8 rings (SSSR count). The summed E-state index contributed by atoms with van der Waals surface area (Å²) in [4.78, 5) is 63.5. The Hall–Kier alpha value is -5.35. The van der Waals surface area contributed by atoms with Gasteiger partial charge in [-0.1, -0.05) is 39.8 Å². The van der Waals surface area contributed by atoms with Gasteiger partial charge in [-0.25, -0.2) is 5.43 Å². The van der Waals surface area contributed by atoms with E-state index in [4.69, 9.17) is 23.9 Å². The molecule has 3 saturated heterocycles. The number of phenolic OH excluding ortho intramolecular Hbond substituents is 1. The number of rotatable bonds is 9. The van der Waals surface area contributed by atoms with E-state index in [0.717, 1.165) is 51.0 Å². The van der Waals surface area contributed by atoms with Crippen LogP contribution in [0, 0.1) is 11.3 Å². The molecule has 0 saturated carbocycles. The van der Waals surface area contributed by atoms with E-state index < -0.39 is 53.0 Å². The van der Waals surface area contributed by atoms with Crippen LogP contribution >= 0.6 is 0 Å². The number of carbonyl (C=O) groups excluding carboxylic acids is 4. The number of aromatic hydroxyl groups is 1. The average molecular weight is 907 g/mol. The van der Waals surface area contributed by atoms with Crippen molar-refractivity contribution in [3.05, 3.63) is 71.5 Å². The molecule has 0 radical (unpaired) electrons. The van der Waals surface area contributed by atoms with Crippen LogP contribution in [0.15, 0.2) is 54.7 Å². The van der Waals surface area contributed by atoms with Crippen LogP contribution in [0.4, 0.5) is 0 Å². The Bertz CT molecular complexity index is 2480. The fourth-order valence-electron chi connectivity index (χ4n) is 10.5. The van der Waals surface area contributed by atoms with Crippen LogP contribution in [0.1, 0.15) is 96.6 Å². The highest BCUT2D eigenvalue weighted by Gasteiger charge is 2.48. The lowest BCUT2D eigenvalue weighted by Gasteiger charge is -2.37. The lowest BCUT2D eigenvalue weighted by Crippen LogP contribution is -2.62. The van der Waals surface area contributed by atoms with E-state index in [9.17, 15) is 24.3 Å². The molecule has 354 valence electrons. The van der Waals surface area contributed by atoms with Crippen molar-refractivity contribution in [1.82, 2.24) is 30.2 Å². The van der Waals surface area contributed by atoms with Gasteiger partial charge in [0, 0.05) is 74.8 Å². The Labute approximate surface area is 387 Å². The number of methoxy groups -OCH3 is 1. The second kappa shape index (κ2) is 19.1. The quantitative estimate of drug-likeness (QED) is 0.162. The van der Waals surface area contributed by atoms with E-state index >= 15 is 0 Å². The fraction of sp³-hybridized carbons (Fsp3) is 0.549. The molecule has 3 amide bonds. The predicted octanol–water partition coefficient (Wildman–Crippen LogP) is 6.27. The molecule has 3 fully saturated rings. The van der Waals surface area contributed by atoms with Crippen LogP contribution < -0.4 is 10.7 Å². The van der Waals surface area contributed by atoms with Gasteiger partial charge >= 0.3 is 5.97 Å². The summed E-state index contributed by atoms with van der Waals surface area (Å²) in [5.74, 6) is -2.04. The number of fused-ring (bicyclic) bond motifs is 6. The number of aryl methyl sites for hydroxylation is 1. The molecule has 6 heterocycles. The topological polar surface area (TPSA) is 174 Å². The maximum atomic E-state index is 14.7. The monoisotopic (exact) mass is 906 g/mol. The standard InChI is InChI=1S/C51H66N6O9/c1-9-56-41-15-14-33-26-37(41)38(45(56)36-12-10-19-52-43(36)31(4)63-8)27-50(5,6)28-65-49(62)39-13-11-20-57(54-39)47(60)40(24-32-22-34(33)25-35(58)23-32)53-46(59)44(30(2)3)55(7)48(61)42-16-17-51(66-42)18-21-64-29-51/h10,12,14-15,19,22-23,25-26,30-31,39-40,42,44,54,58H,9,11,13,16-18,20-21,24,27-29H2,1-8H3,(H,53,59)/t31-,39-,40-,42?,44?,51?/m0/s1. The third-order valence-electron chi connectivity index (χ3n) is 13.9. The molecule has 15 heteroatoms. The first-order valence-electron chi connectivity index (χ1n) is 23.5. The van der Waals surface area contributed by atoms with Gasteiger partial charge in [-0.05, 0) is 111 Å². The Balaban J connectivity index is 1.19. The smallest absolute Gasteiger partial charge is 0.324 e. The number of ether oxygens (including phenoxy) is 4. The summed E-state index contributed by atoms with van der Waals surface area (Å²) in [5.41, 5.74) is 9.17. The van der Waals surface area contributed by atoms with Crippen molar-refractivity contribution < 1.29 is 43.2 Å². The molecule has 4 aliphatic heterocycles. The number of nitrogens with zero attached hydrogens (tertiary/aromatic N) is 4. The first-order valence-corrected chi connectivity index (χ1v) is 23.5. The predicted molar refractivity (Wildman–Crippen MR) is 249 cm³/mol. The second-order valence-corrected chi connectivity index (χ2v) is 19.8. The third-order valence-corrected chi connectivity index (χ3v) is 13.9. The number of likely N-dealkylation sites (N-methyl/N-ethyl adjacent to an activating group) is 1. The number of benzene rings is 2. The summed E-state index contributed by atoms with van der Waals surface area (Å²) in [6.45, 7) is 14.1. The van der Waals surface area contributed by atoms with Crippen LogP contribution in [0.5, 0.6) is 5.75 Å². The Morgan fingerprint density at radius 3 is 2.59 bits per heavy atom. The van der Waals surface area contributed by atoms with E-state index in [1.165, 1.54) is 9.91 Å². The van der Waals surface area contributed by atoms with Crippen molar-refractivity contribution in [3.8, 4) is 28.1 Å². The summed E-state index contributed by atoms with van der Waals surface area (Å²) < 4.78 is 26.1. The van der Waals surface area contributed by atoms with Gasteiger partial charge in [0.05, 0.1) is 36.3 Å². The lowest BCUT2D eigenvalue weighted by molar-refractivity contribution is -0.156. The maximum absolute atomic E-state index is 14.7. The van der Waals surface area contributed by atoms with Crippen LogP contribution in [-0.4, -0.2) is 119 Å². The summed E-state index contributed by atoms with van der Waals surface area (Å²) >= 11 is 0. The molecule has 6 bridgehead atoms. The number of cyclic esters (lactones) is 1.